The Morgan fingerprint density at radius 2 is 2.10 bits per heavy atom. The Hall–Kier alpha value is -2.14. The molecule has 0 radical (unpaired) electrons. The minimum atomic E-state index is -0.306. The third-order valence-electron chi connectivity index (χ3n) is 3.41. The third kappa shape index (κ3) is 3.92. The lowest BCUT2D eigenvalue weighted by Gasteiger charge is -2.16. The van der Waals surface area contributed by atoms with Gasteiger partial charge in [0.25, 0.3) is 5.91 Å². The van der Waals surface area contributed by atoms with Crippen molar-refractivity contribution in [2.24, 2.45) is 7.05 Å². The molecular weight excluding hydrogens is 266 g/mol. The smallest absolute Gasteiger partial charge is 0.269 e. The Labute approximate surface area is 124 Å². The number of aryl methyl sites for hydroxylation is 2. The van der Waals surface area contributed by atoms with Crippen LogP contribution >= 0.6 is 0 Å². The Bertz CT molecular complexity index is 593. The van der Waals surface area contributed by atoms with Crippen molar-refractivity contribution >= 4 is 5.91 Å². The molecule has 1 aromatic heterocycles. The van der Waals surface area contributed by atoms with Gasteiger partial charge in [0.05, 0.1) is 18.3 Å². The van der Waals surface area contributed by atoms with Crippen LogP contribution in [0.1, 0.15) is 28.7 Å². The Morgan fingerprint density at radius 3 is 2.67 bits per heavy atom. The van der Waals surface area contributed by atoms with Gasteiger partial charge in [-0.2, -0.15) is 5.10 Å². The van der Waals surface area contributed by atoms with Crippen LogP contribution in [-0.2, 0) is 19.9 Å². The lowest BCUT2D eigenvalue weighted by Crippen LogP contribution is -2.39. The van der Waals surface area contributed by atoms with E-state index in [-0.39, 0.29) is 18.6 Å². The summed E-state index contributed by atoms with van der Waals surface area (Å²) < 4.78 is 1.57. The molecule has 1 amide bonds. The normalized spacial score (nSPS) is 12.1. The van der Waals surface area contributed by atoms with E-state index in [1.807, 2.05) is 37.3 Å². The molecule has 0 bridgehead atoms. The van der Waals surface area contributed by atoms with Gasteiger partial charge in [0, 0.05) is 7.05 Å². The molecule has 0 aliphatic rings. The third-order valence-corrected chi connectivity index (χ3v) is 3.41. The topological polar surface area (TPSA) is 67.2 Å². The molecule has 0 aliphatic carbocycles. The number of carbonyl (C=O) groups is 1. The molecule has 21 heavy (non-hydrogen) atoms. The molecule has 0 saturated heterocycles. The van der Waals surface area contributed by atoms with E-state index in [4.69, 9.17) is 0 Å². The van der Waals surface area contributed by atoms with Gasteiger partial charge < -0.3 is 10.4 Å². The second kappa shape index (κ2) is 7.04. The number of amides is 1. The van der Waals surface area contributed by atoms with Crippen molar-refractivity contribution in [3.8, 4) is 0 Å². The molecular formula is C16H21N3O2. The first-order chi connectivity index (χ1) is 10.1. The minimum Gasteiger partial charge on any atom is -0.394 e. The standard InChI is InChI=1S/C16H21N3O2/c1-3-13-10-15(19(2)18-13)16(21)17-14(11-20)9-12-7-5-4-6-8-12/h4-8,10,14,20H,3,9,11H2,1-2H3,(H,17,21)/t14-/m0/s1. The van der Waals surface area contributed by atoms with E-state index in [2.05, 4.69) is 10.4 Å². The van der Waals surface area contributed by atoms with Gasteiger partial charge >= 0.3 is 0 Å². The monoisotopic (exact) mass is 287 g/mol. The fourth-order valence-corrected chi connectivity index (χ4v) is 2.23. The molecule has 1 heterocycles. The van der Waals surface area contributed by atoms with E-state index in [1.165, 1.54) is 0 Å². The summed E-state index contributed by atoms with van der Waals surface area (Å²) in [5, 5.41) is 16.6. The van der Waals surface area contributed by atoms with Crippen molar-refractivity contribution in [2.75, 3.05) is 6.61 Å². The average molecular weight is 287 g/mol. The first kappa shape index (κ1) is 15.3. The lowest BCUT2D eigenvalue weighted by atomic mass is 10.1. The van der Waals surface area contributed by atoms with Crippen molar-refractivity contribution < 1.29 is 9.90 Å². The highest BCUT2D eigenvalue weighted by Gasteiger charge is 2.17. The van der Waals surface area contributed by atoms with E-state index < -0.39 is 0 Å². The number of carbonyl (C=O) groups excluding carboxylic acids is 1. The number of nitrogens with zero attached hydrogens (tertiary/aromatic N) is 2. The fourth-order valence-electron chi connectivity index (χ4n) is 2.23. The van der Waals surface area contributed by atoms with Crippen LogP contribution in [0, 0.1) is 0 Å². The molecule has 2 rings (SSSR count). The summed E-state index contributed by atoms with van der Waals surface area (Å²) in [4.78, 5) is 12.3. The van der Waals surface area contributed by atoms with Gasteiger partial charge in [0.2, 0.25) is 0 Å². The van der Waals surface area contributed by atoms with E-state index in [0.29, 0.717) is 12.1 Å². The zero-order valence-corrected chi connectivity index (χ0v) is 12.4. The SMILES string of the molecule is CCc1cc(C(=O)N[C@H](CO)Cc2ccccc2)n(C)n1. The number of aliphatic hydroxyl groups excluding tert-OH is 1. The fraction of sp³-hybridized carbons (Fsp3) is 0.375. The highest BCUT2D eigenvalue weighted by molar-refractivity contribution is 5.92. The molecule has 1 aromatic carbocycles. The molecule has 0 aliphatic heterocycles. The highest BCUT2D eigenvalue weighted by atomic mass is 16.3. The predicted octanol–water partition coefficient (Wildman–Crippen LogP) is 1.32. The molecule has 1 atom stereocenters. The van der Waals surface area contributed by atoms with Gasteiger partial charge in [-0.05, 0) is 24.5 Å². The molecule has 2 aromatic rings. The van der Waals surface area contributed by atoms with Crippen molar-refractivity contribution in [2.45, 2.75) is 25.8 Å². The van der Waals surface area contributed by atoms with Gasteiger partial charge in [0.15, 0.2) is 0 Å². The molecule has 2 N–H and O–H groups in total. The van der Waals surface area contributed by atoms with Crippen LogP contribution in [0.2, 0.25) is 0 Å². The average Bonchev–Trinajstić information content (AvgIpc) is 2.88. The molecule has 112 valence electrons. The van der Waals surface area contributed by atoms with Crippen LogP contribution in [0.4, 0.5) is 0 Å². The molecule has 0 unspecified atom stereocenters. The number of nitrogens with one attached hydrogen (secondary N) is 1. The van der Waals surface area contributed by atoms with Gasteiger partial charge in [-0.1, -0.05) is 37.3 Å². The number of hydrogen-bond acceptors (Lipinski definition) is 3. The van der Waals surface area contributed by atoms with Crippen LogP contribution in [0.25, 0.3) is 0 Å². The number of hydrogen-bond donors (Lipinski definition) is 2. The largest absolute Gasteiger partial charge is 0.394 e. The van der Waals surface area contributed by atoms with Crippen LogP contribution in [-0.4, -0.2) is 33.4 Å². The van der Waals surface area contributed by atoms with Crippen molar-refractivity contribution in [1.82, 2.24) is 15.1 Å². The number of aromatic nitrogens is 2. The van der Waals surface area contributed by atoms with E-state index in [0.717, 1.165) is 17.7 Å². The predicted molar refractivity (Wildman–Crippen MR) is 81.1 cm³/mol. The summed E-state index contributed by atoms with van der Waals surface area (Å²) in [7, 11) is 1.75. The Kier molecular flexibility index (Phi) is 5.11. The maximum atomic E-state index is 12.3. The number of rotatable bonds is 6. The summed E-state index contributed by atoms with van der Waals surface area (Å²) in [6.07, 6.45) is 1.39. The van der Waals surface area contributed by atoms with Crippen molar-refractivity contribution in [3.05, 3.63) is 53.3 Å². The molecule has 5 nitrogen and oxygen atoms in total. The van der Waals surface area contributed by atoms with E-state index in [9.17, 15) is 9.90 Å². The van der Waals surface area contributed by atoms with E-state index >= 15 is 0 Å². The Balaban J connectivity index is 2.04. The van der Waals surface area contributed by atoms with Gasteiger partial charge in [-0.25, -0.2) is 0 Å². The van der Waals surface area contributed by atoms with E-state index in [1.54, 1.807) is 17.8 Å². The Morgan fingerprint density at radius 1 is 1.38 bits per heavy atom. The molecule has 5 heteroatoms. The number of aliphatic hydroxyl groups is 1. The van der Waals surface area contributed by atoms with Crippen molar-refractivity contribution in [3.63, 3.8) is 0 Å². The van der Waals surface area contributed by atoms with Gasteiger partial charge in [-0.3, -0.25) is 9.48 Å². The minimum absolute atomic E-state index is 0.0981. The first-order valence-corrected chi connectivity index (χ1v) is 7.12. The zero-order chi connectivity index (χ0) is 15.2. The second-order valence-corrected chi connectivity index (χ2v) is 5.04. The zero-order valence-electron chi connectivity index (χ0n) is 12.4. The maximum absolute atomic E-state index is 12.3. The van der Waals surface area contributed by atoms with Crippen LogP contribution in [0.5, 0.6) is 0 Å². The summed E-state index contributed by atoms with van der Waals surface area (Å²) in [6, 6.07) is 11.3. The molecule has 0 fully saturated rings. The summed E-state index contributed by atoms with van der Waals surface area (Å²) in [5.74, 6) is -0.209. The summed E-state index contributed by atoms with van der Waals surface area (Å²) in [5.41, 5.74) is 2.47. The van der Waals surface area contributed by atoms with Gasteiger partial charge in [0.1, 0.15) is 5.69 Å². The molecule has 0 spiro atoms. The molecule has 0 saturated carbocycles. The highest BCUT2D eigenvalue weighted by Crippen LogP contribution is 2.06. The lowest BCUT2D eigenvalue weighted by molar-refractivity contribution is 0.0907. The maximum Gasteiger partial charge on any atom is 0.269 e. The van der Waals surface area contributed by atoms with Crippen LogP contribution in [0.15, 0.2) is 36.4 Å². The van der Waals surface area contributed by atoms with Gasteiger partial charge in [-0.15, -0.1) is 0 Å². The van der Waals surface area contributed by atoms with Crippen molar-refractivity contribution in [1.29, 1.82) is 0 Å². The van der Waals surface area contributed by atoms with Crippen LogP contribution in [0.3, 0.4) is 0 Å². The number of benzene rings is 1. The first-order valence-electron chi connectivity index (χ1n) is 7.12. The van der Waals surface area contributed by atoms with Crippen LogP contribution < -0.4 is 5.32 Å². The summed E-state index contributed by atoms with van der Waals surface area (Å²) >= 11 is 0. The summed E-state index contributed by atoms with van der Waals surface area (Å²) in [6.45, 7) is 1.90. The quantitative estimate of drug-likeness (QED) is 0.842. The second-order valence-electron chi connectivity index (χ2n) is 5.04.